The number of amides is 1. The summed E-state index contributed by atoms with van der Waals surface area (Å²) < 4.78 is 26.2. The number of hydrogen-bond acceptors (Lipinski definition) is 9. The summed E-state index contributed by atoms with van der Waals surface area (Å²) in [6, 6.07) is 18.7. The maximum Gasteiger partial charge on any atom is 0.301 e. The predicted octanol–water partition coefficient (Wildman–Crippen LogP) is 4.82. The van der Waals surface area contributed by atoms with Gasteiger partial charge in [-0.15, -0.1) is 0 Å². The minimum absolute atomic E-state index is 0.0607. The number of benzene rings is 3. The monoisotopic (exact) mass is 561 g/mol. The summed E-state index contributed by atoms with van der Waals surface area (Å²) in [7, 11) is -4.13. The molecule has 0 radical (unpaired) electrons. The lowest BCUT2D eigenvalue weighted by Gasteiger charge is -2.22. The third-order valence-corrected chi connectivity index (χ3v) is 9.41. The van der Waals surface area contributed by atoms with Crippen LogP contribution in [0.25, 0.3) is 5.76 Å². The summed E-state index contributed by atoms with van der Waals surface area (Å²) in [5.41, 5.74) is 1.39. The Morgan fingerprint density at radius 1 is 1.00 bits per heavy atom. The zero-order valence-corrected chi connectivity index (χ0v) is 21.8. The van der Waals surface area contributed by atoms with Crippen molar-refractivity contribution < 1.29 is 28.0 Å². The first kappa shape index (κ1) is 25.9. The second-order valence-electron chi connectivity index (χ2n) is 8.66. The van der Waals surface area contributed by atoms with Crippen molar-refractivity contribution in [3.05, 3.63) is 117 Å². The van der Waals surface area contributed by atoms with E-state index < -0.39 is 32.5 Å². The fourth-order valence-electron chi connectivity index (χ4n) is 4.20. The van der Waals surface area contributed by atoms with E-state index in [4.69, 9.17) is 0 Å². The van der Waals surface area contributed by atoms with Gasteiger partial charge in [-0.3, -0.25) is 24.6 Å². The molecule has 1 fully saturated rings. The van der Waals surface area contributed by atoms with Crippen molar-refractivity contribution in [3.8, 4) is 0 Å². The first-order valence-electron chi connectivity index (χ1n) is 11.5. The average Bonchev–Trinajstić information content (AvgIpc) is 3.53. The van der Waals surface area contributed by atoms with Gasteiger partial charge in [0.2, 0.25) is 9.84 Å². The number of aromatic nitrogens is 1. The molecule has 0 bridgehead atoms. The van der Waals surface area contributed by atoms with Crippen LogP contribution in [-0.4, -0.2) is 35.1 Å². The maximum absolute atomic E-state index is 13.3. The van der Waals surface area contributed by atoms with E-state index in [1.54, 1.807) is 54.6 Å². The number of carbonyl (C=O) groups excluding carboxylic acids is 2. The minimum Gasteiger partial charge on any atom is -0.507 e. The van der Waals surface area contributed by atoms with Gasteiger partial charge in [-0.2, -0.15) is 0 Å². The third kappa shape index (κ3) is 4.60. The molecule has 2 heterocycles. The van der Waals surface area contributed by atoms with Crippen LogP contribution >= 0.6 is 11.3 Å². The molecule has 39 heavy (non-hydrogen) atoms. The number of Topliss-reactive ketones (excluding diaryl/α,β-unsaturated/α-hetero) is 1. The number of rotatable bonds is 6. The Bertz CT molecular complexity index is 1750. The highest BCUT2D eigenvalue weighted by molar-refractivity contribution is 7.93. The van der Waals surface area contributed by atoms with Gasteiger partial charge in [0.1, 0.15) is 9.97 Å². The van der Waals surface area contributed by atoms with E-state index in [1.807, 2.05) is 6.92 Å². The van der Waals surface area contributed by atoms with E-state index in [0.29, 0.717) is 22.5 Å². The predicted molar refractivity (Wildman–Crippen MR) is 143 cm³/mol. The van der Waals surface area contributed by atoms with E-state index in [-0.39, 0.29) is 31.3 Å². The molecule has 196 valence electrons. The lowest BCUT2D eigenvalue weighted by atomic mass is 9.95. The Kier molecular flexibility index (Phi) is 6.58. The topological polar surface area (TPSA) is 148 Å². The maximum atomic E-state index is 13.3. The SMILES string of the molecule is Cc1ccc(C(O)=C2C(=O)C(=O)N(c3ncc(S(=O)(=O)c4ccc([N+](=O)[O-])cc4)s3)C2c2ccccc2)cc1. The highest BCUT2D eigenvalue weighted by Crippen LogP contribution is 2.44. The Morgan fingerprint density at radius 3 is 2.26 bits per heavy atom. The van der Waals surface area contributed by atoms with Crippen LogP contribution in [0.1, 0.15) is 22.7 Å². The van der Waals surface area contributed by atoms with Crippen LogP contribution in [0.5, 0.6) is 0 Å². The zero-order chi connectivity index (χ0) is 27.9. The van der Waals surface area contributed by atoms with Crippen LogP contribution in [0, 0.1) is 17.0 Å². The number of sulfone groups is 1. The number of aliphatic hydroxyl groups excluding tert-OH is 1. The summed E-state index contributed by atoms with van der Waals surface area (Å²) in [4.78, 5) is 41.9. The molecule has 0 saturated carbocycles. The molecule has 3 aromatic carbocycles. The van der Waals surface area contributed by atoms with Crippen LogP contribution < -0.4 is 4.90 Å². The van der Waals surface area contributed by atoms with Gasteiger partial charge in [0.25, 0.3) is 11.5 Å². The molecule has 4 aromatic rings. The molecule has 1 amide bonds. The minimum atomic E-state index is -4.13. The molecule has 1 aliphatic rings. The molecule has 1 atom stereocenters. The van der Waals surface area contributed by atoms with Crippen LogP contribution in [0.2, 0.25) is 0 Å². The summed E-state index contributed by atoms with van der Waals surface area (Å²) in [5, 5.41) is 22.0. The molecule has 1 N–H and O–H groups in total. The Morgan fingerprint density at radius 2 is 1.64 bits per heavy atom. The van der Waals surface area contributed by atoms with E-state index in [1.165, 1.54) is 0 Å². The van der Waals surface area contributed by atoms with Gasteiger partial charge >= 0.3 is 5.91 Å². The first-order chi connectivity index (χ1) is 18.6. The summed E-state index contributed by atoms with van der Waals surface area (Å²) in [5.74, 6) is -2.26. The lowest BCUT2D eigenvalue weighted by molar-refractivity contribution is -0.384. The fraction of sp³-hybridized carbons (Fsp3) is 0.0741. The molecule has 1 aliphatic heterocycles. The average molecular weight is 562 g/mol. The van der Waals surface area contributed by atoms with Crippen molar-refractivity contribution in [2.45, 2.75) is 22.1 Å². The van der Waals surface area contributed by atoms with Crippen molar-refractivity contribution in [3.63, 3.8) is 0 Å². The highest BCUT2D eigenvalue weighted by atomic mass is 32.2. The van der Waals surface area contributed by atoms with Crippen LogP contribution in [-0.2, 0) is 19.4 Å². The molecule has 1 saturated heterocycles. The third-order valence-electron chi connectivity index (χ3n) is 6.19. The van der Waals surface area contributed by atoms with Crippen molar-refractivity contribution in [2.24, 2.45) is 0 Å². The molecule has 5 rings (SSSR count). The van der Waals surface area contributed by atoms with Gasteiger partial charge in [0, 0.05) is 17.7 Å². The Labute approximate surface area is 226 Å². The number of hydrogen-bond donors (Lipinski definition) is 1. The number of anilines is 1. The van der Waals surface area contributed by atoms with Gasteiger partial charge in [-0.25, -0.2) is 13.4 Å². The van der Waals surface area contributed by atoms with Crippen molar-refractivity contribution in [1.82, 2.24) is 4.98 Å². The molecule has 10 nitrogen and oxygen atoms in total. The van der Waals surface area contributed by atoms with Crippen molar-refractivity contribution >= 4 is 49.4 Å². The quantitative estimate of drug-likeness (QED) is 0.116. The van der Waals surface area contributed by atoms with E-state index >= 15 is 0 Å². The second kappa shape index (κ2) is 9.89. The molecule has 1 aromatic heterocycles. The van der Waals surface area contributed by atoms with Gasteiger partial charge in [-0.1, -0.05) is 71.5 Å². The van der Waals surface area contributed by atoms with Gasteiger partial charge in [-0.05, 0) is 24.6 Å². The Balaban J connectivity index is 1.61. The van der Waals surface area contributed by atoms with Gasteiger partial charge in [0.15, 0.2) is 5.13 Å². The van der Waals surface area contributed by atoms with Crippen LogP contribution in [0.3, 0.4) is 0 Å². The molecule has 0 spiro atoms. The molecule has 1 unspecified atom stereocenters. The number of ketones is 1. The Hall–Kier alpha value is -4.68. The second-order valence-corrected chi connectivity index (χ2v) is 11.8. The number of non-ortho nitro benzene ring substituents is 1. The molecular formula is C27H19N3O7S2. The fourth-order valence-corrected chi connectivity index (χ4v) is 6.74. The zero-order valence-electron chi connectivity index (χ0n) is 20.2. The number of nitrogens with zero attached hydrogens (tertiary/aromatic N) is 3. The van der Waals surface area contributed by atoms with E-state index in [9.17, 15) is 33.2 Å². The number of aryl methyl sites for hydroxylation is 1. The number of thiazole rings is 1. The number of carbonyl (C=O) groups is 2. The largest absolute Gasteiger partial charge is 0.507 e. The van der Waals surface area contributed by atoms with Crippen molar-refractivity contribution in [2.75, 3.05) is 4.90 Å². The highest BCUT2D eigenvalue weighted by Gasteiger charge is 2.48. The smallest absolute Gasteiger partial charge is 0.301 e. The first-order valence-corrected chi connectivity index (χ1v) is 13.8. The lowest BCUT2D eigenvalue weighted by Crippen LogP contribution is -2.29. The number of nitro benzene ring substituents is 1. The summed E-state index contributed by atoms with van der Waals surface area (Å²) >= 11 is 0.674. The van der Waals surface area contributed by atoms with E-state index in [0.717, 1.165) is 40.9 Å². The number of aliphatic hydroxyl groups is 1. The summed E-state index contributed by atoms with van der Waals surface area (Å²) in [6.07, 6.45) is 1.07. The van der Waals surface area contributed by atoms with Crippen LogP contribution in [0.4, 0.5) is 10.8 Å². The van der Waals surface area contributed by atoms with Gasteiger partial charge < -0.3 is 5.11 Å². The molecular weight excluding hydrogens is 542 g/mol. The molecule has 12 heteroatoms. The number of nitro groups is 1. The van der Waals surface area contributed by atoms with Crippen LogP contribution in [0.15, 0.2) is 99.7 Å². The van der Waals surface area contributed by atoms with E-state index in [2.05, 4.69) is 4.98 Å². The van der Waals surface area contributed by atoms with Crippen molar-refractivity contribution in [1.29, 1.82) is 0 Å². The summed E-state index contributed by atoms with van der Waals surface area (Å²) in [6.45, 7) is 1.87. The normalized spacial score (nSPS) is 16.9. The van der Waals surface area contributed by atoms with Gasteiger partial charge in [0.05, 0.1) is 27.6 Å². The molecule has 0 aliphatic carbocycles. The standard InChI is InChI=1S/C27H19N3O7S2/c1-16-7-9-18(10-8-16)24(31)22-23(17-5-3-2-4-6-17)29(26(33)25(22)32)27-28-15-21(38-27)39(36,37)20-13-11-19(12-14-20)30(34)35/h2-15,23,31H,1H3.